The van der Waals surface area contributed by atoms with Gasteiger partial charge in [0, 0.05) is 17.9 Å². The van der Waals surface area contributed by atoms with Crippen LogP contribution in [-0.4, -0.2) is 35.5 Å². The first kappa shape index (κ1) is 14.3. The van der Waals surface area contributed by atoms with E-state index in [-0.39, 0.29) is 6.04 Å². The predicted molar refractivity (Wildman–Crippen MR) is 62.9 cm³/mol. The summed E-state index contributed by atoms with van der Waals surface area (Å²) in [4.78, 5) is 1.60. The number of nitrogens with zero attached hydrogens (tertiary/aromatic N) is 1. The highest BCUT2D eigenvalue weighted by molar-refractivity contribution is 9.09. The molecule has 1 aliphatic rings. The lowest BCUT2D eigenvalue weighted by Gasteiger charge is -2.31. The fraction of sp³-hybridized carbons (Fsp3) is 1.00. The molecule has 0 saturated heterocycles. The number of hydrogen-bond acceptors (Lipinski definition) is 1. The van der Waals surface area contributed by atoms with Crippen LogP contribution in [0.2, 0.25) is 0 Å². The summed E-state index contributed by atoms with van der Waals surface area (Å²) < 4.78 is 37.3. The maximum absolute atomic E-state index is 12.4. The normalized spacial score (nSPS) is 20.1. The molecular weight excluding hydrogens is 283 g/mol. The van der Waals surface area contributed by atoms with Crippen molar-refractivity contribution < 1.29 is 13.2 Å². The molecule has 0 aromatic rings. The topological polar surface area (TPSA) is 3.24 Å². The van der Waals surface area contributed by atoms with E-state index in [1.54, 1.807) is 4.90 Å². The fourth-order valence-corrected chi connectivity index (χ4v) is 2.81. The van der Waals surface area contributed by atoms with Gasteiger partial charge in [-0.05, 0) is 12.8 Å². The van der Waals surface area contributed by atoms with Crippen LogP contribution in [0, 0.1) is 0 Å². The Labute approximate surface area is 104 Å². The zero-order chi connectivity index (χ0) is 12.0. The van der Waals surface area contributed by atoms with Gasteiger partial charge in [-0.2, -0.15) is 13.2 Å². The smallest absolute Gasteiger partial charge is 0.291 e. The third kappa shape index (κ3) is 5.53. The third-order valence-corrected chi connectivity index (χ3v) is 3.45. The van der Waals surface area contributed by atoms with Crippen LogP contribution in [0.5, 0.6) is 0 Å². The van der Waals surface area contributed by atoms with Crippen molar-refractivity contribution in [3.05, 3.63) is 0 Å². The van der Waals surface area contributed by atoms with Gasteiger partial charge in [0.1, 0.15) is 0 Å². The molecule has 1 saturated carbocycles. The number of hydrogen-bond donors (Lipinski definition) is 0. The van der Waals surface area contributed by atoms with Gasteiger partial charge in [-0.25, -0.2) is 0 Å². The fourth-order valence-electron chi connectivity index (χ4n) is 2.35. The average Bonchev–Trinajstić information content (AvgIpc) is 2.43. The van der Waals surface area contributed by atoms with Crippen LogP contribution in [0.15, 0.2) is 0 Å². The second kappa shape index (κ2) is 6.84. The lowest BCUT2D eigenvalue weighted by atomic mass is 10.1. The molecule has 1 nitrogen and oxygen atoms in total. The Kier molecular flexibility index (Phi) is 6.11. The molecule has 0 heterocycles. The van der Waals surface area contributed by atoms with Crippen molar-refractivity contribution in [2.45, 2.75) is 50.7 Å². The van der Waals surface area contributed by atoms with Crippen molar-refractivity contribution in [1.82, 2.24) is 4.90 Å². The largest absolute Gasteiger partial charge is 0.401 e. The van der Waals surface area contributed by atoms with Gasteiger partial charge in [-0.15, -0.1) is 0 Å². The van der Waals surface area contributed by atoms with Gasteiger partial charge in [-0.1, -0.05) is 41.6 Å². The Morgan fingerprint density at radius 2 is 1.62 bits per heavy atom. The molecule has 0 bridgehead atoms. The SMILES string of the molecule is FC(F)(F)CN(CCBr)C1CCCCCC1. The Bertz CT molecular complexity index is 188. The first-order chi connectivity index (χ1) is 7.53. The molecule has 1 rings (SSSR count). The summed E-state index contributed by atoms with van der Waals surface area (Å²) in [5.41, 5.74) is 0. The molecule has 16 heavy (non-hydrogen) atoms. The standard InChI is InChI=1S/C11H19BrF3N/c12-7-8-16(9-11(13,14)15)10-5-3-1-2-4-6-10/h10H,1-9H2. The van der Waals surface area contributed by atoms with Crippen molar-refractivity contribution in [3.8, 4) is 0 Å². The van der Waals surface area contributed by atoms with E-state index in [4.69, 9.17) is 0 Å². The van der Waals surface area contributed by atoms with E-state index >= 15 is 0 Å². The molecule has 1 aliphatic carbocycles. The first-order valence-corrected chi connectivity index (χ1v) is 7.02. The molecule has 0 spiro atoms. The van der Waals surface area contributed by atoms with E-state index in [1.165, 1.54) is 12.8 Å². The highest BCUT2D eigenvalue weighted by atomic mass is 79.9. The molecule has 0 aromatic heterocycles. The predicted octanol–water partition coefficient (Wildman–Crippen LogP) is 3.97. The van der Waals surface area contributed by atoms with Gasteiger partial charge < -0.3 is 0 Å². The molecule has 96 valence electrons. The van der Waals surface area contributed by atoms with Crippen molar-refractivity contribution in [2.24, 2.45) is 0 Å². The second-order valence-corrected chi connectivity index (χ2v) is 5.21. The van der Waals surface area contributed by atoms with Gasteiger partial charge >= 0.3 is 6.18 Å². The van der Waals surface area contributed by atoms with Crippen LogP contribution in [-0.2, 0) is 0 Å². The van der Waals surface area contributed by atoms with E-state index in [9.17, 15) is 13.2 Å². The molecule has 0 radical (unpaired) electrons. The number of halogens is 4. The molecule has 0 unspecified atom stereocenters. The van der Waals surface area contributed by atoms with Crippen LogP contribution in [0.4, 0.5) is 13.2 Å². The number of alkyl halides is 4. The van der Waals surface area contributed by atoms with Crippen LogP contribution in [0.25, 0.3) is 0 Å². The summed E-state index contributed by atoms with van der Waals surface area (Å²) in [6, 6.07) is 0.127. The Balaban J connectivity index is 2.52. The first-order valence-electron chi connectivity index (χ1n) is 5.89. The Hall–Kier alpha value is 0.230. The third-order valence-electron chi connectivity index (χ3n) is 3.10. The molecule has 0 aromatic carbocycles. The zero-order valence-corrected chi connectivity index (χ0v) is 11.0. The van der Waals surface area contributed by atoms with Gasteiger partial charge in [0.05, 0.1) is 6.54 Å². The molecular formula is C11H19BrF3N. The molecule has 5 heteroatoms. The van der Waals surface area contributed by atoms with Crippen molar-refractivity contribution in [3.63, 3.8) is 0 Å². The van der Waals surface area contributed by atoms with Gasteiger partial charge in [0.25, 0.3) is 0 Å². The summed E-state index contributed by atoms with van der Waals surface area (Å²) in [7, 11) is 0. The molecule has 0 atom stereocenters. The van der Waals surface area contributed by atoms with Gasteiger partial charge in [-0.3, -0.25) is 4.90 Å². The van der Waals surface area contributed by atoms with Gasteiger partial charge in [0.15, 0.2) is 0 Å². The number of rotatable bonds is 4. The minimum absolute atomic E-state index is 0.127. The minimum Gasteiger partial charge on any atom is -0.291 e. The van der Waals surface area contributed by atoms with Crippen LogP contribution >= 0.6 is 15.9 Å². The zero-order valence-electron chi connectivity index (χ0n) is 9.40. The molecule has 0 aliphatic heterocycles. The summed E-state index contributed by atoms with van der Waals surface area (Å²) in [6.07, 6.45) is 2.25. The van der Waals surface area contributed by atoms with E-state index in [1.807, 2.05) is 0 Å². The van der Waals surface area contributed by atoms with E-state index in [0.717, 1.165) is 25.7 Å². The maximum atomic E-state index is 12.4. The van der Waals surface area contributed by atoms with E-state index in [2.05, 4.69) is 15.9 Å². The monoisotopic (exact) mass is 301 g/mol. The highest BCUT2D eigenvalue weighted by Gasteiger charge is 2.33. The van der Waals surface area contributed by atoms with Crippen molar-refractivity contribution >= 4 is 15.9 Å². The van der Waals surface area contributed by atoms with Crippen LogP contribution < -0.4 is 0 Å². The Morgan fingerprint density at radius 1 is 1.06 bits per heavy atom. The van der Waals surface area contributed by atoms with E-state index in [0.29, 0.717) is 11.9 Å². The summed E-state index contributed by atoms with van der Waals surface area (Å²) in [6.45, 7) is -0.270. The summed E-state index contributed by atoms with van der Waals surface area (Å²) in [5, 5.41) is 0.611. The lowest BCUT2D eigenvalue weighted by Crippen LogP contribution is -2.42. The summed E-state index contributed by atoms with van der Waals surface area (Å²) >= 11 is 3.23. The van der Waals surface area contributed by atoms with E-state index < -0.39 is 12.7 Å². The average molecular weight is 302 g/mol. The molecule has 0 N–H and O–H groups in total. The van der Waals surface area contributed by atoms with Crippen LogP contribution in [0.3, 0.4) is 0 Å². The van der Waals surface area contributed by atoms with Crippen molar-refractivity contribution in [2.75, 3.05) is 18.4 Å². The van der Waals surface area contributed by atoms with Crippen molar-refractivity contribution in [1.29, 1.82) is 0 Å². The minimum atomic E-state index is -4.07. The molecule has 0 amide bonds. The second-order valence-electron chi connectivity index (χ2n) is 4.42. The molecule has 1 fully saturated rings. The lowest BCUT2D eigenvalue weighted by molar-refractivity contribution is -0.150. The van der Waals surface area contributed by atoms with Gasteiger partial charge in [0.2, 0.25) is 0 Å². The summed E-state index contributed by atoms with van der Waals surface area (Å²) in [5.74, 6) is 0. The maximum Gasteiger partial charge on any atom is 0.401 e. The highest BCUT2D eigenvalue weighted by Crippen LogP contribution is 2.25. The van der Waals surface area contributed by atoms with Crippen LogP contribution in [0.1, 0.15) is 38.5 Å². The quantitative estimate of drug-likeness (QED) is 0.561. The Morgan fingerprint density at radius 3 is 2.06 bits per heavy atom.